The molecule has 0 atom stereocenters. The average Bonchev–Trinajstić information content (AvgIpc) is 2.93. The summed E-state index contributed by atoms with van der Waals surface area (Å²) in [5, 5.41) is 1.55. The van der Waals surface area contributed by atoms with Crippen LogP contribution in [-0.4, -0.2) is 28.4 Å². The van der Waals surface area contributed by atoms with E-state index in [1.807, 2.05) is 6.07 Å². The largest absolute Gasteiger partial charge is 0.384 e. The third-order valence-corrected chi connectivity index (χ3v) is 3.63. The summed E-state index contributed by atoms with van der Waals surface area (Å²) in [5.41, 5.74) is 5.76. The summed E-state index contributed by atoms with van der Waals surface area (Å²) in [4.78, 5) is 8.80. The number of nitrogens with zero attached hydrogens (tertiary/aromatic N) is 2. The molecule has 2 fully saturated rings. The third kappa shape index (κ3) is 2.08. The highest BCUT2D eigenvalue weighted by atomic mass is 32.2. The highest BCUT2D eigenvalue weighted by Crippen LogP contribution is 2.39. The van der Waals surface area contributed by atoms with E-state index in [0.29, 0.717) is 17.0 Å². The monoisotopic (exact) mass is 223 g/mol. The van der Waals surface area contributed by atoms with E-state index >= 15 is 0 Å². The van der Waals surface area contributed by atoms with Crippen LogP contribution in [0.4, 0.5) is 5.82 Å². The van der Waals surface area contributed by atoms with E-state index in [2.05, 4.69) is 9.97 Å². The molecular weight excluding hydrogens is 210 g/mol. The predicted molar refractivity (Wildman–Crippen MR) is 58.9 cm³/mol. The van der Waals surface area contributed by atoms with Gasteiger partial charge in [-0.3, -0.25) is 0 Å². The number of thioether (sulfide) groups is 1. The molecule has 1 aliphatic carbocycles. The Bertz CT molecular complexity index is 377. The van der Waals surface area contributed by atoms with Crippen LogP contribution in [0.3, 0.4) is 0 Å². The number of nitrogens with two attached hydrogens (primary N) is 1. The van der Waals surface area contributed by atoms with Crippen molar-refractivity contribution in [1.82, 2.24) is 9.97 Å². The lowest BCUT2D eigenvalue weighted by molar-refractivity contribution is 0.0454. The first kappa shape index (κ1) is 9.42. The van der Waals surface area contributed by atoms with Crippen molar-refractivity contribution in [3.8, 4) is 0 Å². The Labute approximate surface area is 92.6 Å². The van der Waals surface area contributed by atoms with E-state index in [1.165, 1.54) is 12.8 Å². The molecule has 1 aromatic heterocycles. The molecule has 0 aromatic carbocycles. The molecule has 4 nitrogen and oxygen atoms in total. The van der Waals surface area contributed by atoms with Gasteiger partial charge in [0.2, 0.25) is 0 Å². The van der Waals surface area contributed by atoms with Crippen LogP contribution in [0, 0.1) is 0 Å². The van der Waals surface area contributed by atoms with Crippen molar-refractivity contribution >= 4 is 17.6 Å². The summed E-state index contributed by atoms with van der Waals surface area (Å²) in [6.07, 6.45) is 2.42. The summed E-state index contributed by atoms with van der Waals surface area (Å²) in [6.45, 7) is 1.65. The molecule has 15 heavy (non-hydrogen) atoms. The predicted octanol–water partition coefficient (Wildman–Crippen LogP) is 1.43. The zero-order valence-corrected chi connectivity index (χ0v) is 9.17. The van der Waals surface area contributed by atoms with Crippen molar-refractivity contribution in [1.29, 1.82) is 0 Å². The van der Waals surface area contributed by atoms with Gasteiger partial charge in [-0.15, -0.1) is 0 Å². The third-order valence-electron chi connectivity index (χ3n) is 2.58. The van der Waals surface area contributed by atoms with E-state index in [4.69, 9.17) is 10.5 Å². The fourth-order valence-electron chi connectivity index (χ4n) is 1.50. The van der Waals surface area contributed by atoms with E-state index in [-0.39, 0.29) is 0 Å². The summed E-state index contributed by atoms with van der Waals surface area (Å²) in [5.74, 6) is 2.08. The van der Waals surface area contributed by atoms with E-state index < -0.39 is 0 Å². The van der Waals surface area contributed by atoms with Gasteiger partial charge in [0.15, 0.2) is 0 Å². The molecule has 3 rings (SSSR count). The van der Waals surface area contributed by atoms with Crippen LogP contribution in [0.1, 0.15) is 24.6 Å². The lowest BCUT2D eigenvalue weighted by atomic mass is 10.4. The highest BCUT2D eigenvalue weighted by Gasteiger charge is 2.28. The molecule has 1 saturated heterocycles. The zero-order chi connectivity index (χ0) is 10.3. The van der Waals surface area contributed by atoms with Crippen LogP contribution in [0.25, 0.3) is 0 Å². The number of rotatable bonds is 3. The molecule has 1 aromatic rings. The number of nitrogen functional groups attached to an aromatic ring is 1. The molecule has 2 heterocycles. The standard InChI is InChI=1S/C10H13N3OS/c11-8-3-9(15-7-4-14-5-7)13-10(12-8)6-1-2-6/h3,6-7H,1-2,4-5H2,(H2,11,12,13). The van der Waals surface area contributed by atoms with Crippen molar-refractivity contribution in [2.75, 3.05) is 18.9 Å². The van der Waals surface area contributed by atoms with Crippen molar-refractivity contribution in [2.24, 2.45) is 0 Å². The van der Waals surface area contributed by atoms with Gasteiger partial charge in [-0.05, 0) is 12.8 Å². The van der Waals surface area contributed by atoms with Gasteiger partial charge >= 0.3 is 0 Å². The average molecular weight is 223 g/mol. The second-order valence-corrected chi connectivity index (χ2v) is 5.36. The van der Waals surface area contributed by atoms with Gasteiger partial charge in [0.25, 0.3) is 0 Å². The van der Waals surface area contributed by atoms with Crippen LogP contribution in [0.15, 0.2) is 11.1 Å². The van der Waals surface area contributed by atoms with Crippen molar-refractivity contribution in [3.63, 3.8) is 0 Å². The van der Waals surface area contributed by atoms with Crippen molar-refractivity contribution in [2.45, 2.75) is 29.0 Å². The lowest BCUT2D eigenvalue weighted by Crippen LogP contribution is -2.30. The van der Waals surface area contributed by atoms with Gasteiger partial charge in [-0.25, -0.2) is 9.97 Å². The molecule has 0 bridgehead atoms. The molecule has 0 radical (unpaired) electrons. The number of ether oxygens (including phenoxy) is 1. The lowest BCUT2D eigenvalue weighted by Gasteiger charge is -2.24. The minimum Gasteiger partial charge on any atom is -0.384 e. The Morgan fingerprint density at radius 2 is 2.13 bits per heavy atom. The minimum atomic E-state index is 0.548. The first-order chi connectivity index (χ1) is 7.31. The van der Waals surface area contributed by atoms with Crippen LogP contribution >= 0.6 is 11.8 Å². The molecule has 0 unspecified atom stereocenters. The maximum atomic E-state index is 5.76. The quantitative estimate of drug-likeness (QED) is 0.785. The molecule has 1 saturated carbocycles. The van der Waals surface area contributed by atoms with Gasteiger partial charge < -0.3 is 10.5 Å². The number of aromatic nitrogens is 2. The van der Waals surface area contributed by atoms with Crippen LogP contribution < -0.4 is 5.73 Å². The van der Waals surface area contributed by atoms with Gasteiger partial charge in [0.1, 0.15) is 16.7 Å². The Morgan fingerprint density at radius 1 is 1.33 bits per heavy atom. The molecule has 5 heteroatoms. The fourth-order valence-corrected chi connectivity index (χ4v) is 2.50. The van der Waals surface area contributed by atoms with Crippen molar-refractivity contribution in [3.05, 3.63) is 11.9 Å². The Kier molecular flexibility index (Phi) is 2.29. The molecule has 0 amide bonds. The summed E-state index contributed by atoms with van der Waals surface area (Å²) >= 11 is 1.75. The smallest absolute Gasteiger partial charge is 0.135 e. The topological polar surface area (TPSA) is 61.0 Å². The van der Waals surface area contributed by atoms with E-state index in [0.717, 1.165) is 24.1 Å². The highest BCUT2D eigenvalue weighted by molar-refractivity contribution is 8.00. The molecule has 80 valence electrons. The van der Waals surface area contributed by atoms with E-state index in [1.54, 1.807) is 11.8 Å². The summed E-state index contributed by atoms with van der Waals surface area (Å²) in [6, 6.07) is 1.86. The van der Waals surface area contributed by atoms with Crippen molar-refractivity contribution < 1.29 is 4.74 Å². The Morgan fingerprint density at radius 3 is 2.73 bits per heavy atom. The van der Waals surface area contributed by atoms with Crippen LogP contribution in [0.2, 0.25) is 0 Å². The van der Waals surface area contributed by atoms with Gasteiger partial charge in [-0.1, -0.05) is 11.8 Å². The second kappa shape index (κ2) is 3.64. The maximum absolute atomic E-state index is 5.76. The van der Waals surface area contributed by atoms with Gasteiger partial charge in [-0.2, -0.15) is 0 Å². The summed E-state index contributed by atoms with van der Waals surface area (Å²) in [7, 11) is 0. The van der Waals surface area contributed by atoms with Gasteiger partial charge in [0, 0.05) is 12.0 Å². The Hall–Kier alpha value is -0.810. The second-order valence-electron chi connectivity index (χ2n) is 4.04. The molecular formula is C10H13N3OS. The normalized spacial score (nSPS) is 21.3. The SMILES string of the molecule is Nc1cc(SC2COC2)nc(C2CC2)n1. The first-order valence-corrected chi connectivity index (χ1v) is 6.08. The molecule has 0 spiro atoms. The summed E-state index contributed by atoms with van der Waals surface area (Å²) < 4.78 is 5.13. The molecule has 1 aliphatic heterocycles. The van der Waals surface area contributed by atoms with Crippen LogP contribution in [0.5, 0.6) is 0 Å². The van der Waals surface area contributed by atoms with Gasteiger partial charge in [0.05, 0.1) is 18.5 Å². The number of hydrogen-bond donors (Lipinski definition) is 1. The number of anilines is 1. The van der Waals surface area contributed by atoms with Crippen LogP contribution in [-0.2, 0) is 4.74 Å². The number of hydrogen-bond acceptors (Lipinski definition) is 5. The fraction of sp³-hybridized carbons (Fsp3) is 0.600. The molecule has 2 aliphatic rings. The maximum Gasteiger partial charge on any atom is 0.135 e. The van der Waals surface area contributed by atoms with E-state index in [9.17, 15) is 0 Å². The molecule has 2 N–H and O–H groups in total. The minimum absolute atomic E-state index is 0.548. The first-order valence-electron chi connectivity index (χ1n) is 5.20. The zero-order valence-electron chi connectivity index (χ0n) is 8.35. The Balaban J connectivity index is 1.79.